The number of rotatable bonds is 10. The number of nitrogens with zero attached hydrogens (tertiary/aromatic N) is 1. The highest BCUT2D eigenvalue weighted by Gasteiger charge is 2.35. The van der Waals surface area contributed by atoms with Crippen molar-refractivity contribution in [3.8, 4) is 17.2 Å². The summed E-state index contributed by atoms with van der Waals surface area (Å²) in [4.78, 5) is 42.0. The van der Waals surface area contributed by atoms with E-state index >= 15 is 0 Å². The number of ketones is 1. The Morgan fingerprint density at radius 1 is 1.03 bits per heavy atom. The monoisotopic (exact) mass is 505 g/mol. The molecule has 1 N–H and O–H groups in total. The van der Waals surface area contributed by atoms with Gasteiger partial charge in [0.1, 0.15) is 17.7 Å². The Balaban J connectivity index is 2.24. The number of carbonyl (C=O) groups is 3. The van der Waals surface area contributed by atoms with Gasteiger partial charge in [-0.05, 0) is 39.8 Å². The van der Waals surface area contributed by atoms with E-state index < -0.39 is 52.8 Å². The van der Waals surface area contributed by atoms with Crippen molar-refractivity contribution in [2.75, 3.05) is 14.2 Å². The summed E-state index contributed by atoms with van der Waals surface area (Å²) in [5.74, 6) is -3.58. The van der Waals surface area contributed by atoms with E-state index in [1.165, 1.54) is 52.5 Å². The molecule has 0 bridgehead atoms. The SMILES string of the molecule is COc1cc(F)ccc1[C@@H](OC(=O)C(C)(C)C)[C@H](C)OC(=O)[C@H](C)CC(=O)c1nccc(OC)c1O. The summed E-state index contributed by atoms with van der Waals surface area (Å²) in [5, 5.41) is 10.2. The topological polar surface area (TPSA) is 121 Å². The van der Waals surface area contributed by atoms with E-state index in [0.29, 0.717) is 5.56 Å². The normalized spacial score (nSPS) is 13.8. The lowest BCUT2D eigenvalue weighted by Crippen LogP contribution is -2.33. The number of hydrogen-bond acceptors (Lipinski definition) is 9. The number of methoxy groups -OCH3 is 2. The molecule has 0 saturated heterocycles. The Kier molecular flexibility index (Phi) is 9.38. The molecule has 0 amide bonds. The smallest absolute Gasteiger partial charge is 0.311 e. The average molecular weight is 506 g/mol. The van der Waals surface area contributed by atoms with Gasteiger partial charge in [0.25, 0.3) is 0 Å². The van der Waals surface area contributed by atoms with Crippen LogP contribution in [0.25, 0.3) is 0 Å². The Morgan fingerprint density at radius 2 is 1.67 bits per heavy atom. The number of benzene rings is 1. The summed E-state index contributed by atoms with van der Waals surface area (Å²) in [7, 11) is 2.68. The van der Waals surface area contributed by atoms with Crippen molar-refractivity contribution in [2.45, 2.75) is 53.2 Å². The van der Waals surface area contributed by atoms with E-state index in [9.17, 15) is 23.9 Å². The number of pyridine rings is 1. The lowest BCUT2D eigenvalue weighted by molar-refractivity contribution is -0.175. The van der Waals surface area contributed by atoms with Gasteiger partial charge < -0.3 is 24.1 Å². The highest BCUT2D eigenvalue weighted by Crippen LogP contribution is 2.35. The first-order chi connectivity index (χ1) is 16.8. The fraction of sp³-hybridized carbons (Fsp3) is 0.462. The van der Waals surface area contributed by atoms with Crippen molar-refractivity contribution >= 4 is 17.7 Å². The summed E-state index contributed by atoms with van der Waals surface area (Å²) < 4.78 is 35.2. The molecule has 0 aliphatic rings. The lowest BCUT2D eigenvalue weighted by Gasteiger charge is -2.29. The van der Waals surface area contributed by atoms with Crippen molar-refractivity contribution in [3.05, 3.63) is 47.5 Å². The van der Waals surface area contributed by atoms with Crippen LogP contribution in [0.5, 0.6) is 17.2 Å². The van der Waals surface area contributed by atoms with Crippen LogP contribution in [0.4, 0.5) is 4.39 Å². The molecule has 0 radical (unpaired) electrons. The van der Waals surface area contributed by atoms with Crippen LogP contribution in [0.15, 0.2) is 30.5 Å². The van der Waals surface area contributed by atoms with Crippen molar-refractivity contribution in [1.82, 2.24) is 4.98 Å². The molecule has 1 heterocycles. The van der Waals surface area contributed by atoms with Crippen molar-refractivity contribution in [1.29, 1.82) is 0 Å². The molecule has 9 nitrogen and oxygen atoms in total. The van der Waals surface area contributed by atoms with Gasteiger partial charge in [-0.15, -0.1) is 0 Å². The molecule has 2 aromatic rings. The second-order valence-corrected chi connectivity index (χ2v) is 9.34. The fourth-order valence-electron chi connectivity index (χ4n) is 3.25. The summed E-state index contributed by atoms with van der Waals surface area (Å²) in [5.41, 5.74) is -0.776. The van der Waals surface area contributed by atoms with E-state index in [1.54, 1.807) is 20.8 Å². The van der Waals surface area contributed by atoms with Gasteiger partial charge in [-0.25, -0.2) is 9.37 Å². The van der Waals surface area contributed by atoms with Gasteiger partial charge in [0, 0.05) is 30.3 Å². The van der Waals surface area contributed by atoms with Gasteiger partial charge in [-0.2, -0.15) is 0 Å². The number of ether oxygens (including phenoxy) is 4. The zero-order valence-electron chi connectivity index (χ0n) is 21.5. The predicted molar refractivity (Wildman–Crippen MR) is 127 cm³/mol. The minimum atomic E-state index is -1.11. The molecule has 2 rings (SSSR count). The van der Waals surface area contributed by atoms with Crippen LogP contribution in [0.2, 0.25) is 0 Å². The average Bonchev–Trinajstić information content (AvgIpc) is 2.81. The molecule has 0 saturated carbocycles. The van der Waals surface area contributed by atoms with E-state index in [0.717, 1.165) is 6.07 Å². The minimum absolute atomic E-state index is 0.0777. The Labute approximate surface area is 209 Å². The zero-order chi connectivity index (χ0) is 27.2. The third-order valence-corrected chi connectivity index (χ3v) is 5.34. The molecule has 1 aromatic carbocycles. The number of aromatic nitrogens is 1. The number of aromatic hydroxyl groups is 1. The van der Waals surface area contributed by atoms with Gasteiger partial charge >= 0.3 is 11.9 Å². The maximum atomic E-state index is 13.8. The highest BCUT2D eigenvalue weighted by atomic mass is 19.1. The molecular weight excluding hydrogens is 473 g/mol. The third kappa shape index (κ3) is 6.93. The van der Waals surface area contributed by atoms with Gasteiger partial charge in [-0.1, -0.05) is 6.92 Å². The molecule has 196 valence electrons. The van der Waals surface area contributed by atoms with Gasteiger partial charge in [0.05, 0.1) is 25.6 Å². The molecule has 0 unspecified atom stereocenters. The second-order valence-electron chi connectivity index (χ2n) is 9.34. The highest BCUT2D eigenvalue weighted by molar-refractivity contribution is 5.99. The first-order valence-electron chi connectivity index (χ1n) is 11.3. The molecule has 0 fully saturated rings. The molecule has 0 spiro atoms. The van der Waals surface area contributed by atoms with Crippen molar-refractivity contribution < 1.29 is 42.8 Å². The Morgan fingerprint density at radius 3 is 2.25 bits per heavy atom. The molecule has 0 aliphatic carbocycles. The number of halogens is 1. The van der Waals surface area contributed by atoms with Crippen LogP contribution in [0.1, 0.15) is 63.2 Å². The maximum Gasteiger partial charge on any atom is 0.311 e. The maximum absolute atomic E-state index is 13.8. The van der Waals surface area contributed by atoms with E-state index in [-0.39, 0.29) is 23.6 Å². The van der Waals surface area contributed by atoms with E-state index in [1.807, 2.05) is 0 Å². The summed E-state index contributed by atoms with van der Waals surface area (Å²) in [6.45, 7) is 8.01. The second kappa shape index (κ2) is 11.8. The van der Waals surface area contributed by atoms with E-state index in [4.69, 9.17) is 18.9 Å². The molecule has 0 aliphatic heterocycles. The summed E-state index contributed by atoms with van der Waals surface area (Å²) >= 11 is 0. The molecule has 36 heavy (non-hydrogen) atoms. The standard InChI is InChI=1S/C26H32FNO8/c1-14(12-18(29)21-22(30)19(33-6)10-11-28-21)24(31)35-15(2)23(36-25(32)26(3,4)5)17-9-8-16(27)13-20(17)34-7/h8-11,13-15,23,30H,12H2,1-7H3/t14-,15+,23+/m1/s1. The van der Waals surface area contributed by atoms with Crippen molar-refractivity contribution in [2.24, 2.45) is 11.3 Å². The van der Waals surface area contributed by atoms with Crippen LogP contribution in [0.3, 0.4) is 0 Å². The van der Waals surface area contributed by atoms with Crippen LogP contribution < -0.4 is 9.47 Å². The summed E-state index contributed by atoms with van der Waals surface area (Å²) in [6.07, 6.45) is -1.11. The first kappa shape index (κ1) is 28.5. The van der Waals surface area contributed by atoms with Crippen LogP contribution in [-0.4, -0.2) is 48.1 Å². The Bertz CT molecular complexity index is 1110. The summed E-state index contributed by atoms with van der Waals surface area (Å²) in [6, 6.07) is 5.10. The quantitative estimate of drug-likeness (QED) is 0.369. The number of Topliss-reactive ketones (excluding diaryl/α,β-unsaturated/α-hetero) is 1. The predicted octanol–water partition coefficient (Wildman–Crippen LogP) is 4.41. The molecule has 10 heteroatoms. The number of esters is 2. The molecule has 1 aromatic heterocycles. The first-order valence-corrected chi connectivity index (χ1v) is 11.3. The van der Waals surface area contributed by atoms with Crippen molar-refractivity contribution in [3.63, 3.8) is 0 Å². The van der Waals surface area contributed by atoms with Gasteiger partial charge in [-0.3, -0.25) is 14.4 Å². The lowest BCUT2D eigenvalue weighted by atomic mass is 9.96. The Hall–Kier alpha value is -3.69. The fourth-order valence-corrected chi connectivity index (χ4v) is 3.25. The van der Waals surface area contributed by atoms with Gasteiger partial charge in [0.2, 0.25) is 0 Å². The largest absolute Gasteiger partial charge is 0.503 e. The molecule has 3 atom stereocenters. The van der Waals surface area contributed by atoms with Crippen LogP contribution >= 0.6 is 0 Å². The third-order valence-electron chi connectivity index (χ3n) is 5.34. The van der Waals surface area contributed by atoms with Crippen LogP contribution in [0, 0.1) is 17.2 Å². The van der Waals surface area contributed by atoms with E-state index in [2.05, 4.69) is 4.98 Å². The zero-order valence-corrected chi connectivity index (χ0v) is 21.5. The number of hydrogen-bond donors (Lipinski definition) is 1. The van der Waals surface area contributed by atoms with Gasteiger partial charge in [0.15, 0.2) is 29.1 Å². The van der Waals surface area contributed by atoms with Crippen LogP contribution in [-0.2, 0) is 19.1 Å². The molecular formula is C26H32FNO8. The minimum Gasteiger partial charge on any atom is -0.503 e. The number of carbonyl (C=O) groups excluding carboxylic acids is 3.